The molecule has 0 spiro atoms. The third-order valence-corrected chi connectivity index (χ3v) is 2.69. The summed E-state index contributed by atoms with van der Waals surface area (Å²) in [5.41, 5.74) is 0.628. The summed E-state index contributed by atoms with van der Waals surface area (Å²) in [4.78, 5) is 11.5. The fourth-order valence-corrected chi connectivity index (χ4v) is 1.24. The average Bonchev–Trinajstić information content (AvgIpc) is 2.22. The molecule has 0 aliphatic heterocycles. The van der Waals surface area contributed by atoms with E-state index < -0.39 is 0 Å². The summed E-state index contributed by atoms with van der Waals surface area (Å²) >= 11 is 11.6. The zero-order valence-electron chi connectivity index (χ0n) is 8.26. The molecule has 0 saturated heterocycles. The van der Waals surface area contributed by atoms with E-state index in [1.807, 2.05) is 0 Å². The van der Waals surface area contributed by atoms with Gasteiger partial charge < -0.3 is 5.32 Å². The lowest BCUT2D eigenvalue weighted by Crippen LogP contribution is -2.18. The molecule has 1 aromatic rings. The first-order valence-corrected chi connectivity index (χ1v) is 5.18. The summed E-state index contributed by atoms with van der Waals surface area (Å²) in [7, 11) is 0. The van der Waals surface area contributed by atoms with Crippen molar-refractivity contribution in [3.8, 4) is 0 Å². The Hall–Kier alpha value is -0.990. The van der Waals surface area contributed by atoms with Crippen LogP contribution in [0.2, 0.25) is 10.0 Å². The van der Waals surface area contributed by atoms with Crippen LogP contribution in [-0.2, 0) is 4.79 Å². The van der Waals surface area contributed by atoms with Gasteiger partial charge in [0.2, 0.25) is 5.91 Å². The fraction of sp³-hybridized carbons (Fsp3) is 0.182. The number of rotatable bonds is 3. The molecule has 15 heavy (non-hydrogen) atoms. The molecule has 80 valence electrons. The Morgan fingerprint density at radius 2 is 2.13 bits per heavy atom. The fourth-order valence-electron chi connectivity index (χ4n) is 0.937. The Morgan fingerprint density at radius 3 is 2.67 bits per heavy atom. The molecule has 2 nitrogen and oxygen atoms in total. The first-order chi connectivity index (χ1) is 7.04. The second-order valence-corrected chi connectivity index (χ2v) is 3.96. The molecule has 4 heteroatoms. The summed E-state index contributed by atoms with van der Waals surface area (Å²) in [5, 5.41) is 3.59. The van der Waals surface area contributed by atoms with E-state index in [1.54, 1.807) is 31.2 Å². The quantitative estimate of drug-likeness (QED) is 0.806. The van der Waals surface area contributed by atoms with Crippen LogP contribution in [0.15, 0.2) is 30.9 Å². The number of halogens is 2. The number of hydrogen-bond donors (Lipinski definition) is 1. The zero-order valence-corrected chi connectivity index (χ0v) is 9.77. The van der Waals surface area contributed by atoms with Crippen LogP contribution in [0.3, 0.4) is 0 Å². The van der Waals surface area contributed by atoms with Crippen molar-refractivity contribution in [1.29, 1.82) is 0 Å². The van der Waals surface area contributed by atoms with Crippen molar-refractivity contribution in [3.05, 3.63) is 40.9 Å². The van der Waals surface area contributed by atoms with Crippen molar-refractivity contribution in [3.63, 3.8) is 0 Å². The molecule has 1 rings (SSSR count). The summed E-state index contributed by atoms with van der Waals surface area (Å²) in [6.45, 7) is 5.31. The maximum absolute atomic E-state index is 11.5. The van der Waals surface area contributed by atoms with Crippen LogP contribution in [0.5, 0.6) is 0 Å². The molecule has 0 bridgehead atoms. The summed E-state index contributed by atoms with van der Waals surface area (Å²) < 4.78 is 0. The first-order valence-electron chi connectivity index (χ1n) is 4.43. The monoisotopic (exact) mass is 243 g/mol. The highest BCUT2D eigenvalue weighted by Gasteiger charge is 2.09. The van der Waals surface area contributed by atoms with Crippen LogP contribution in [0.25, 0.3) is 0 Å². The second-order valence-electron chi connectivity index (χ2n) is 3.14. The Morgan fingerprint density at radius 1 is 1.47 bits per heavy atom. The van der Waals surface area contributed by atoms with Crippen LogP contribution < -0.4 is 5.32 Å². The highest BCUT2D eigenvalue weighted by molar-refractivity contribution is 6.42. The van der Waals surface area contributed by atoms with Crippen LogP contribution in [0.4, 0.5) is 5.69 Å². The molecule has 1 atom stereocenters. The summed E-state index contributed by atoms with van der Waals surface area (Å²) in [5.74, 6) is -0.358. The Bertz CT molecular complexity index is 390. The van der Waals surface area contributed by atoms with Gasteiger partial charge in [-0.1, -0.05) is 36.2 Å². The van der Waals surface area contributed by atoms with Gasteiger partial charge in [0.15, 0.2) is 0 Å². The van der Waals surface area contributed by atoms with Crippen LogP contribution >= 0.6 is 23.2 Å². The lowest BCUT2D eigenvalue weighted by atomic mass is 10.1. The molecule has 0 aliphatic rings. The molecule has 0 heterocycles. The van der Waals surface area contributed by atoms with Gasteiger partial charge in [0.1, 0.15) is 0 Å². The van der Waals surface area contributed by atoms with Gasteiger partial charge >= 0.3 is 0 Å². The Labute approximate surface area is 98.9 Å². The minimum atomic E-state index is -0.237. The lowest BCUT2D eigenvalue weighted by molar-refractivity contribution is -0.118. The predicted molar refractivity (Wildman–Crippen MR) is 64.5 cm³/mol. The van der Waals surface area contributed by atoms with Gasteiger partial charge in [-0.15, -0.1) is 6.58 Å². The van der Waals surface area contributed by atoms with E-state index in [0.717, 1.165) is 0 Å². The van der Waals surface area contributed by atoms with Gasteiger partial charge in [0.05, 0.1) is 16.0 Å². The highest BCUT2D eigenvalue weighted by Crippen LogP contribution is 2.25. The molecule has 0 fully saturated rings. The Kier molecular flexibility index (Phi) is 4.18. The van der Waals surface area contributed by atoms with Crippen molar-refractivity contribution in [2.45, 2.75) is 6.92 Å². The largest absolute Gasteiger partial charge is 0.326 e. The molecule has 0 aliphatic carbocycles. The smallest absolute Gasteiger partial charge is 0.231 e. The molecule has 0 radical (unpaired) electrons. The molecule has 1 aromatic carbocycles. The number of carbonyl (C=O) groups excluding carboxylic acids is 1. The van der Waals surface area contributed by atoms with E-state index in [9.17, 15) is 4.79 Å². The van der Waals surface area contributed by atoms with Crippen molar-refractivity contribution in [2.75, 3.05) is 5.32 Å². The molecule has 1 N–H and O–H groups in total. The van der Waals surface area contributed by atoms with Crippen molar-refractivity contribution < 1.29 is 4.79 Å². The lowest BCUT2D eigenvalue weighted by Gasteiger charge is -2.08. The maximum atomic E-state index is 11.5. The molecule has 0 saturated carbocycles. The molecule has 1 unspecified atom stereocenters. The van der Waals surface area contributed by atoms with E-state index in [-0.39, 0.29) is 11.8 Å². The highest BCUT2D eigenvalue weighted by atomic mass is 35.5. The first kappa shape index (κ1) is 12.1. The molecule has 1 amide bonds. The van der Waals surface area contributed by atoms with E-state index in [4.69, 9.17) is 23.2 Å². The number of anilines is 1. The van der Waals surface area contributed by atoms with Crippen LogP contribution in [0.1, 0.15) is 6.92 Å². The minimum Gasteiger partial charge on any atom is -0.326 e. The number of benzene rings is 1. The number of amides is 1. The van der Waals surface area contributed by atoms with Gasteiger partial charge in [-0.3, -0.25) is 4.79 Å². The number of nitrogens with one attached hydrogen (secondary N) is 1. The minimum absolute atomic E-state index is 0.122. The summed E-state index contributed by atoms with van der Waals surface area (Å²) in [6.07, 6.45) is 1.58. The summed E-state index contributed by atoms with van der Waals surface area (Å²) in [6, 6.07) is 4.94. The van der Waals surface area contributed by atoms with E-state index in [0.29, 0.717) is 15.7 Å². The molecular formula is C11H11Cl2NO. The maximum Gasteiger partial charge on any atom is 0.231 e. The van der Waals surface area contributed by atoms with Gasteiger partial charge in [-0.2, -0.15) is 0 Å². The number of carbonyl (C=O) groups is 1. The van der Waals surface area contributed by atoms with Crippen LogP contribution in [-0.4, -0.2) is 5.91 Å². The SMILES string of the molecule is C=CC(C)C(=O)Nc1ccc(Cl)c(Cl)c1. The van der Waals surface area contributed by atoms with Gasteiger partial charge in [0.25, 0.3) is 0 Å². The van der Waals surface area contributed by atoms with E-state index in [2.05, 4.69) is 11.9 Å². The van der Waals surface area contributed by atoms with E-state index >= 15 is 0 Å². The second kappa shape index (κ2) is 5.19. The predicted octanol–water partition coefficient (Wildman–Crippen LogP) is 3.75. The topological polar surface area (TPSA) is 29.1 Å². The van der Waals surface area contributed by atoms with Crippen LogP contribution in [0, 0.1) is 5.92 Å². The zero-order chi connectivity index (χ0) is 11.4. The standard InChI is InChI=1S/C11H11Cl2NO/c1-3-7(2)11(15)14-8-4-5-9(12)10(13)6-8/h3-7H,1H2,2H3,(H,14,15). The normalized spacial score (nSPS) is 11.9. The van der Waals surface area contributed by atoms with Crippen molar-refractivity contribution in [1.82, 2.24) is 0 Å². The van der Waals surface area contributed by atoms with Gasteiger partial charge in [-0.25, -0.2) is 0 Å². The average molecular weight is 244 g/mol. The molecular weight excluding hydrogens is 233 g/mol. The third kappa shape index (κ3) is 3.26. The van der Waals surface area contributed by atoms with Crippen molar-refractivity contribution >= 4 is 34.8 Å². The van der Waals surface area contributed by atoms with E-state index in [1.165, 1.54) is 0 Å². The number of hydrogen-bond acceptors (Lipinski definition) is 1. The van der Waals surface area contributed by atoms with Crippen molar-refractivity contribution in [2.24, 2.45) is 5.92 Å². The third-order valence-electron chi connectivity index (χ3n) is 1.95. The Balaban J connectivity index is 2.77. The van der Waals surface area contributed by atoms with Gasteiger partial charge in [0, 0.05) is 5.69 Å². The van der Waals surface area contributed by atoms with Gasteiger partial charge in [-0.05, 0) is 18.2 Å². The molecule has 0 aromatic heterocycles.